The van der Waals surface area contributed by atoms with E-state index in [1.807, 2.05) is 6.92 Å². The number of nitrogens with zero attached hydrogens (tertiary/aromatic N) is 2. The van der Waals surface area contributed by atoms with E-state index >= 15 is 0 Å². The maximum Gasteiger partial charge on any atom is 0.217 e. The van der Waals surface area contributed by atoms with Crippen molar-refractivity contribution in [1.29, 1.82) is 0 Å². The Morgan fingerprint density at radius 1 is 1.43 bits per heavy atom. The standard InChI is InChI=1S/C16H31N5O2/c1-11-7-22-6-5-21(11)13(3)18-12(2)19-14(17)20-16-8-15(4,9-16)23-10-16/h11,13-14,20H,5-10,17H2,1-4H3,(H,18,19)/p+1. The predicted octanol–water partition coefficient (Wildman–Crippen LogP) is -0.502. The molecule has 0 radical (unpaired) electrons. The third kappa shape index (κ3) is 3.69. The van der Waals surface area contributed by atoms with Gasteiger partial charge in [-0.1, -0.05) is 0 Å². The summed E-state index contributed by atoms with van der Waals surface area (Å²) in [4.78, 5) is 7.16. The van der Waals surface area contributed by atoms with Gasteiger partial charge in [-0.25, -0.2) is 5.32 Å². The van der Waals surface area contributed by atoms with E-state index in [-0.39, 0.29) is 23.6 Å². The molecule has 1 saturated carbocycles. The first-order valence-corrected chi connectivity index (χ1v) is 8.70. The first-order chi connectivity index (χ1) is 10.8. The molecular weight excluding hydrogens is 294 g/mol. The lowest BCUT2D eigenvalue weighted by Gasteiger charge is -2.43. The number of ether oxygens (including phenoxy) is 2. The first-order valence-electron chi connectivity index (χ1n) is 8.70. The molecule has 4 rings (SSSR count). The Bertz CT molecular complexity index is 463. The summed E-state index contributed by atoms with van der Waals surface area (Å²) >= 11 is 0. The average Bonchev–Trinajstić information content (AvgIpc) is 2.91. The molecule has 3 saturated heterocycles. The zero-order chi connectivity index (χ0) is 16.7. The van der Waals surface area contributed by atoms with Gasteiger partial charge in [0.25, 0.3) is 0 Å². The fourth-order valence-electron chi connectivity index (χ4n) is 4.38. The van der Waals surface area contributed by atoms with Crippen molar-refractivity contribution in [2.75, 3.05) is 26.4 Å². The summed E-state index contributed by atoms with van der Waals surface area (Å²) in [5, 5.41) is 6.95. The number of hydrogen-bond acceptors (Lipinski definition) is 5. The highest BCUT2D eigenvalue weighted by Crippen LogP contribution is 2.50. The Kier molecular flexibility index (Phi) is 4.68. The van der Waals surface area contributed by atoms with Crippen LogP contribution in [0.15, 0.2) is 4.99 Å². The van der Waals surface area contributed by atoms with Gasteiger partial charge in [-0.05, 0) is 40.5 Å². The molecule has 132 valence electrons. The van der Waals surface area contributed by atoms with Gasteiger partial charge < -0.3 is 20.5 Å². The molecule has 5 N–H and O–H groups in total. The lowest BCUT2D eigenvalue weighted by Crippen LogP contribution is -2.80. The minimum Gasteiger partial charge on any atom is -0.379 e. The molecule has 1 aliphatic carbocycles. The largest absolute Gasteiger partial charge is 0.379 e. The number of rotatable bonds is 5. The van der Waals surface area contributed by atoms with Gasteiger partial charge in [0.05, 0.1) is 31.0 Å². The average molecular weight is 326 g/mol. The summed E-state index contributed by atoms with van der Waals surface area (Å²) < 4.78 is 11.3. The number of quaternary nitrogens is 1. The second-order valence-corrected chi connectivity index (χ2v) is 7.72. The third-order valence-corrected chi connectivity index (χ3v) is 5.26. The van der Waals surface area contributed by atoms with Crippen LogP contribution < -0.4 is 16.4 Å². The van der Waals surface area contributed by atoms with E-state index in [1.54, 1.807) is 0 Å². The molecule has 4 fully saturated rings. The smallest absolute Gasteiger partial charge is 0.217 e. The minimum atomic E-state index is -0.0562. The van der Waals surface area contributed by atoms with Gasteiger partial charge in [0.2, 0.25) is 6.29 Å². The van der Waals surface area contributed by atoms with Crippen LogP contribution >= 0.6 is 0 Å². The second kappa shape index (κ2) is 6.29. The summed E-state index contributed by atoms with van der Waals surface area (Å²) in [6.45, 7) is 11.8. The summed E-state index contributed by atoms with van der Waals surface area (Å²) in [6, 6.07) is 0.408. The van der Waals surface area contributed by atoms with Crippen molar-refractivity contribution in [1.82, 2.24) is 15.5 Å². The van der Waals surface area contributed by atoms with E-state index in [2.05, 4.69) is 42.0 Å². The van der Waals surface area contributed by atoms with Gasteiger partial charge in [-0.15, -0.1) is 0 Å². The quantitative estimate of drug-likeness (QED) is 0.360. The summed E-state index contributed by atoms with van der Waals surface area (Å²) in [7, 11) is 0. The second-order valence-electron chi connectivity index (χ2n) is 7.72. The van der Waals surface area contributed by atoms with Crippen molar-refractivity contribution in [3.8, 4) is 0 Å². The molecule has 2 bridgehead atoms. The summed E-state index contributed by atoms with van der Waals surface area (Å²) in [5.41, 5.74) is 4.38. The molecule has 23 heavy (non-hydrogen) atoms. The highest BCUT2D eigenvalue weighted by Gasteiger charge is 2.60. The first kappa shape index (κ1) is 17.1. The van der Waals surface area contributed by atoms with Crippen LogP contribution in [0.5, 0.6) is 0 Å². The number of nitrogens with one attached hydrogen (secondary N) is 2. The normalized spacial score (nSPS) is 40.6. The maximum absolute atomic E-state index is 5.81. The van der Waals surface area contributed by atoms with Gasteiger partial charge >= 0.3 is 0 Å². The van der Waals surface area contributed by atoms with Crippen LogP contribution in [-0.2, 0) is 9.47 Å². The van der Waals surface area contributed by atoms with E-state index in [9.17, 15) is 0 Å². The van der Waals surface area contributed by atoms with Crippen LogP contribution in [0.3, 0.4) is 0 Å². The summed E-state index contributed by atoms with van der Waals surface area (Å²) in [6.07, 6.45) is 2.24. The fraction of sp³-hybridized carbons (Fsp3) is 0.938. The molecule has 4 aliphatic rings. The van der Waals surface area contributed by atoms with Crippen molar-refractivity contribution in [2.24, 2.45) is 4.99 Å². The van der Waals surface area contributed by atoms with Crippen molar-refractivity contribution < 1.29 is 15.2 Å². The van der Waals surface area contributed by atoms with Crippen molar-refractivity contribution in [2.45, 2.75) is 70.2 Å². The number of hydrogen-bond donors (Lipinski definition) is 3. The molecule has 3 unspecified atom stereocenters. The van der Waals surface area contributed by atoms with E-state index in [0.29, 0.717) is 6.04 Å². The molecule has 0 aromatic heterocycles. The van der Waals surface area contributed by atoms with Gasteiger partial charge in [0.1, 0.15) is 12.0 Å². The molecular formula is C16H32N5O2+. The van der Waals surface area contributed by atoms with Crippen molar-refractivity contribution in [3.63, 3.8) is 0 Å². The molecule has 0 aromatic rings. The Balaban J connectivity index is 1.48. The van der Waals surface area contributed by atoms with Crippen molar-refractivity contribution in [3.05, 3.63) is 0 Å². The van der Waals surface area contributed by atoms with Crippen molar-refractivity contribution >= 4 is 5.84 Å². The monoisotopic (exact) mass is 326 g/mol. The van der Waals surface area contributed by atoms with Gasteiger partial charge in [0.15, 0.2) is 0 Å². The number of amidine groups is 1. The molecule has 0 spiro atoms. The van der Waals surface area contributed by atoms with E-state index < -0.39 is 0 Å². The van der Waals surface area contributed by atoms with Gasteiger partial charge in [-0.2, -0.15) is 0 Å². The minimum absolute atomic E-state index is 0.0562. The third-order valence-electron chi connectivity index (χ3n) is 5.26. The lowest BCUT2D eigenvalue weighted by atomic mass is 9.69. The predicted molar refractivity (Wildman–Crippen MR) is 88.8 cm³/mol. The van der Waals surface area contributed by atoms with Crippen LogP contribution in [0.4, 0.5) is 0 Å². The Hall–Kier alpha value is -0.730. The SMILES string of the molecule is CC(=NC(C)N1CCOCC1C)NC([NH3+])NC12COC(C)(C1)C2. The molecule has 7 nitrogen and oxygen atoms in total. The number of morpholine rings is 1. The molecule has 3 aliphatic heterocycles. The lowest BCUT2D eigenvalue weighted by molar-refractivity contribution is -0.438. The highest BCUT2D eigenvalue weighted by molar-refractivity contribution is 5.79. The van der Waals surface area contributed by atoms with E-state index in [0.717, 1.165) is 45.0 Å². The Morgan fingerprint density at radius 2 is 2.17 bits per heavy atom. The topological polar surface area (TPSA) is 85.8 Å². The molecule has 0 amide bonds. The maximum atomic E-state index is 5.81. The zero-order valence-corrected chi connectivity index (χ0v) is 14.9. The molecule has 3 atom stereocenters. The highest BCUT2D eigenvalue weighted by atomic mass is 16.5. The van der Waals surface area contributed by atoms with E-state index in [1.165, 1.54) is 0 Å². The Labute approximate surface area is 139 Å². The van der Waals surface area contributed by atoms with Crippen LogP contribution in [0.1, 0.15) is 40.5 Å². The van der Waals surface area contributed by atoms with Crippen LogP contribution in [0.25, 0.3) is 0 Å². The Morgan fingerprint density at radius 3 is 2.78 bits per heavy atom. The summed E-state index contributed by atoms with van der Waals surface area (Å²) in [5.74, 6) is 0.918. The van der Waals surface area contributed by atoms with Crippen LogP contribution in [0.2, 0.25) is 0 Å². The number of fused-ring (bicyclic) bond motifs is 1. The van der Waals surface area contributed by atoms with Gasteiger partial charge in [-0.3, -0.25) is 9.89 Å². The van der Waals surface area contributed by atoms with Crippen LogP contribution in [0, 0.1) is 0 Å². The van der Waals surface area contributed by atoms with E-state index in [4.69, 9.17) is 14.5 Å². The molecule has 3 heterocycles. The van der Waals surface area contributed by atoms with Crippen LogP contribution in [-0.4, -0.2) is 66.7 Å². The fourth-order valence-corrected chi connectivity index (χ4v) is 4.38. The number of aliphatic imine (C=N–C) groups is 1. The van der Waals surface area contributed by atoms with Gasteiger partial charge in [0, 0.05) is 12.6 Å². The molecule has 0 aromatic carbocycles. The molecule has 7 heteroatoms. The zero-order valence-electron chi connectivity index (χ0n) is 14.9.